The van der Waals surface area contributed by atoms with E-state index in [0.29, 0.717) is 26.2 Å². The lowest BCUT2D eigenvalue weighted by molar-refractivity contribution is 0.0517. The molecule has 5 heteroatoms. The fourth-order valence-corrected chi connectivity index (χ4v) is 2.34. The Labute approximate surface area is 118 Å². The van der Waals surface area contributed by atoms with Gasteiger partial charge in [0.05, 0.1) is 11.6 Å². The molecule has 1 amide bonds. The number of benzene rings is 1. The summed E-state index contributed by atoms with van der Waals surface area (Å²) in [7, 11) is 0. The molecule has 4 nitrogen and oxygen atoms in total. The van der Waals surface area contributed by atoms with Crippen molar-refractivity contribution in [2.75, 3.05) is 26.2 Å². The van der Waals surface area contributed by atoms with Crippen LogP contribution >= 0.6 is 0 Å². The van der Waals surface area contributed by atoms with Crippen molar-refractivity contribution < 1.29 is 9.18 Å². The van der Waals surface area contributed by atoms with Gasteiger partial charge in [-0.1, -0.05) is 12.1 Å². The summed E-state index contributed by atoms with van der Waals surface area (Å²) in [5, 5.41) is 9.11. The highest BCUT2D eigenvalue weighted by Crippen LogP contribution is 2.18. The molecule has 0 radical (unpaired) electrons. The van der Waals surface area contributed by atoms with Crippen LogP contribution in [0.1, 0.15) is 24.2 Å². The maximum absolute atomic E-state index is 13.6. The third-order valence-corrected chi connectivity index (χ3v) is 3.74. The summed E-state index contributed by atoms with van der Waals surface area (Å²) in [5.74, 6) is -0.769. The van der Waals surface area contributed by atoms with Crippen molar-refractivity contribution in [1.29, 1.82) is 5.26 Å². The second-order valence-electron chi connectivity index (χ2n) is 5.43. The number of piperazine rings is 1. The van der Waals surface area contributed by atoms with Gasteiger partial charge >= 0.3 is 0 Å². The van der Waals surface area contributed by atoms with E-state index in [2.05, 4.69) is 6.07 Å². The first-order chi connectivity index (χ1) is 9.45. The van der Waals surface area contributed by atoms with Gasteiger partial charge in [0.15, 0.2) is 0 Å². The number of carbonyl (C=O) groups is 1. The number of nitriles is 1. The second kappa shape index (κ2) is 5.59. The minimum Gasteiger partial charge on any atom is -0.336 e. The Kier molecular flexibility index (Phi) is 4.05. The molecule has 1 aromatic carbocycles. The molecule has 1 fully saturated rings. The van der Waals surface area contributed by atoms with Crippen molar-refractivity contribution in [3.63, 3.8) is 0 Å². The SMILES string of the molecule is CC(C)(C#N)N1CCN(C(=O)c2ccccc2F)CC1. The molecule has 0 saturated carbocycles. The molecule has 0 bridgehead atoms. The van der Waals surface area contributed by atoms with Crippen molar-refractivity contribution in [2.24, 2.45) is 0 Å². The van der Waals surface area contributed by atoms with Gasteiger partial charge in [-0.2, -0.15) is 5.26 Å². The lowest BCUT2D eigenvalue weighted by atomic mass is 10.0. The van der Waals surface area contributed by atoms with E-state index in [9.17, 15) is 9.18 Å². The summed E-state index contributed by atoms with van der Waals surface area (Å²) in [6.45, 7) is 6.00. The van der Waals surface area contributed by atoms with Crippen molar-refractivity contribution in [3.05, 3.63) is 35.6 Å². The monoisotopic (exact) mass is 275 g/mol. The van der Waals surface area contributed by atoms with Crippen LogP contribution in [0.25, 0.3) is 0 Å². The maximum Gasteiger partial charge on any atom is 0.256 e. The van der Waals surface area contributed by atoms with Gasteiger partial charge in [-0.25, -0.2) is 4.39 Å². The fourth-order valence-electron chi connectivity index (χ4n) is 2.34. The van der Waals surface area contributed by atoms with E-state index >= 15 is 0 Å². The van der Waals surface area contributed by atoms with Crippen molar-refractivity contribution in [2.45, 2.75) is 19.4 Å². The van der Waals surface area contributed by atoms with Crippen LogP contribution in [-0.4, -0.2) is 47.4 Å². The number of nitrogens with zero attached hydrogens (tertiary/aromatic N) is 3. The Hall–Kier alpha value is -1.93. The average Bonchev–Trinajstić information content (AvgIpc) is 2.47. The molecule has 0 N–H and O–H groups in total. The third-order valence-electron chi connectivity index (χ3n) is 3.74. The van der Waals surface area contributed by atoms with Gasteiger partial charge in [0, 0.05) is 26.2 Å². The molecule has 0 aliphatic carbocycles. The predicted octanol–water partition coefficient (Wildman–Crippen LogP) is 1.89. The molecular weight excluding hydrogens is 257 g/mol. The largest absolute Gasteiger partial charge is 0.336 e. The number of rotatable bonds is 2. The first-order valence-corrected chi connectivity index (χ1v) is 6.66. The second-order valence-corrected chi connectivity index (χ2v) is 5.43. The van der Waals surface area contributed by atoms with Gasteiger partial charge < -0.3 is 4.90 Å². The maximum atomic E-state index is 13.6. The van der Waals surface area contributed by atoms with E-state index in [0.717, 1.165) is 0 Å². The molecule has 0 unspecified atom stereocenters. The Morgan fingerprint density at radius 3 is 2.40 bits per heavy atom. The first-order valence-electron chi connectivity index (χ1n) is 6.66. The highest BCUT2D eigenvalue weighted by molar-refractivity contribution is 5.94. The topological polar surface area (TPSA) is 47.3 Å². The zero-order valence-corrected chi connectivity index (χ0v) is 11.8. The smallest absolute Gasteiger partial charge is 0.256 e. The molecule has 20 heavy (non-hydrogen) atoms. The molecule has 2 rings (SSSR count). The number of carbonyl (C=O) groups excluding carboxylic acids is 1. The zero-order valence-electron chi connectivity index (χ0n) is 11.8. The minimum atomic E-state index is -0.535. The van der Waals surface area contributed by atoms with Gasteiger partial charge in [-0.3, -0.25) is 9.69 Å². The molecule has 1 heterocycles. The van der Waals surface area contributed by atoms with Crippen molar-refractivity contribution in [1.82, 2.24) is 9.80 Å². The standard InChI is InChI=1S/C15H18FN3O/c1-15(2,11-17)19-9-7-18(8-10-19)14(20)12-5-3-4-6-13(12)16/h3-6H,7-10H2,1-2H3. The fraction of sp³-hybridized carbons (Fsp3) is 0.467. The summed E-state index contributed by atoms with van der Waals surface area (Å²) in [5.41, 5.74) is -0.423. The molecule has 1 saturated heterocycles. The van der Waals surface area contributed by atoms with Crippen LogP contribution in [0.15, 0.2) is 24.3 Å². The molecule has 0 aromatic heterocycles. The van der Waals surface area contributed by atoms with Crippen LogP contribution in [0.3, 0.4) is 0 Å². The van der Waals surface area contributed by atoms with Crippen LogP contribution in [0, 0.1) is 17.1 Å². The third kappa shape index (κ3) is 2.81. The van der Waals surface area contributed by atoms with E-state index < -0.39 is 11.4 Å². The lowest BCUT2D eigenvalue weighted by Gasteiger charge is -2.40. The van der Waals surface area contributed by atoms with E-state index in [1.165, 1.54) is 12.1 Å². The van der Waals surface area contributed by atoms with E-state index in [1.807, 2.05) is 18.7 Å². The average molecular weight is 275 g/mol. The zero-order chi connectivity index (χ0) is 14.8. The van der Waals surface area contributed by atoms with Crippen molar-refractivity contribution >= 4 is 5.91 Å². The van der Waals surface area contributed by atoms with Crippen LogP contribution in [0.2, 0.25) is 0 Å². The van der Waals surface area contributed by atoms with Gasteiger partial charge in [0.2, 0.25) is 0 Å². The highest BCUT2D eigenvalue weighted by atomic mass is 19.1. The minimum absolute atomic E-state index is 0.112. The van der Waals surface area contributed by atoms with E-state index in [4.69, 9.17) is 5.26 Å². The Morgan fingerprint density at radius 2 is 1.85 bits per heavy atom. The number of amides is 1. The molecule has 1 aliphatic rings. The summed E-state index contributed by atoms with van der Waals surface area (Å²) >= 11 is 0. The summed E-state index contributed by atoms with van der Waals surface area (Å²) in [4.78, 5) is 15.9. The number of halogens is 1. The predicted molar refractivity (Wildman–Crippen MR) is 73.6 cm³/mol. The summed E-state index contributed by atoms with van der Waals surface area (Å²) in [6, 6.07) is 8.28. The molecule has 106 valence electrons. The van der Waals surface area contributed by atoms with Crippen LogP contribution in [0.5, 0.6) is 0 Å². The van der Waals surface area contributed by atoms with E-state index in [1.54, 1.807) is 17.0 Å². The van der Waals surface area contributed by atoms with E-state index in [-0.39, 0.29) is 11.5 Å². The lowest BCUT2D eigenvalue weighted by Crippen LogP contribution is -2.55. The molecule has 1 aromatic rings. The van der Waals surface area contributed by atoms with Crippen LogP contribution in [-0.2, 0) is 0 Å². The Morgan fingerprint density at radius 1 is 1.25 bits per heavy atom. The highest BCUT2D eigenvalue weighted by Gasteiger charge is 2.31. The summed E-state index contributed by atoms with van der Waals surface area (Å²) < 4.78 is 13.6. The normalized spacial score (nSPS) is 16.8. The van der Waals surface area contributed by atoms with Crippen LogP contribution < -0.4 is 0 Å². The molecular formula is C15H18FN3O. The summed E-state index contributed by atoms with van der Waals surface area (Å²) in [6.07, 6.45) is 0. The van der Waals surface area contributed by atoms with Gasteiger partial charge in [-0.15, -0.1) is 0 Å². The number of hydrogen-bond acceptors (Lipinski definition) is 3. The van der Waals surface area contributed by atoms with Crippen molar-refractivity contribution in [3.8, 4) is 6.07 Å². The van der Waals surface area contributed by atoms with Gasteiger partial charge in [-0.05, 0) is 26.0 Å². The molecule has 1 aliphatic heterocycles. The van der Waals surface area contributed by atoms with Gasteiger partial charge in [0.1, 0.15) is 11.4 Å². The Bertz CT molecular complexity index is 542. The Balaban J connectivity index is 2.03. The number of hydrogen-bond donors (Lipinski definition) is 0. The molecule has 0 spiro atoms. The quantitative estimate of drug-likeness (QED) is 0.828. The first kappa shape index (κ1) is 14.5. The molecule has 0 atom stereocenters. The van der Waals surface area contributed by atoms with Gasteiger partial charge in [0.25, 0.3) is 5.91 Å². The van der Waals surface area contributed by atoms with Crippen LogP contribution in [0.4, 0.5) is 4.39 Å².